The maximum absolute atomic E-state index is 12.8. The number of likely N-dealkylation sites (tertiary alicyclic amines) is 1. The molecule has 3 heterocycles. The minimum Gasteiger partial charge on any atom is -0.340 e. The molecule has 2 atom stereocenters. The Bertz CT molecular complexity index is 572. The molecule has 0 unspecified atom stereocenters. The minimum atomic E-state index is -0.641. The van der Waals surface area contributed by atoms with Crippen LogP contribution in [-0.4, -0.2) is 63.8 Å². The average molecular weight is 333 g/mol. The third-order valence-electron chi connectivity index (χ3n) is 6.55. The molecule has 132 valence electrons. The van der Waals surface area contributed by atoms with Crippen molar-refractivity contribution in [3.05, 3.63) is 0 Å². The van der Waals surface area contributed by atoms with E-state index in [4.69, 9.17) is 0 Å². The van der Waals surface area contributed by atoms with E-state index in [-0.39, 0.29) is 29.8 Å². The Morgan fingerprint density at radius 3 is 2.50 bits per heavy atom. The Kier molecular flexibility index (Phi) is 3.81. The van der Waals surface area contributed by atoms with Crippen molar-refractivity contribution in [2.45, 2.75) is 69.9 Å². The summed E-state index contributed by atoms with van der Waals surface area (Å²) < 4.78 is 0. The summed E-state index contributed by atoms with van der Waals surface area (Å²) in [7, 11) is 0. The predicted octanol–water partition coefficient (Wildman–Crippen LogP) is 1.98. The number of rotatable bonds is 2. The summed E-state index contributed by atoms with van der Waals surface area (Å²) in [5.74, 6) is 0.341. The third kappa shape index (κ3) is 2.25. The molecule has 6 nitrogen and oxygen atoms in total. The van der Waals surface area contributed by atoms with Crippen molar-refractivity contribution in [2.75, 3.05) is 19.6 Å². The van der Waals surface area contributed by atoms with Crippen molar-refractivity contribution in [1.29, 1.82) is 0 Å². The zero-order valence-corrected chi connectivity index (χ0v) is 14.5. The van der Waals surface area contributed by atoms with Gasteiger partial charge in [0.1, 0.15) is 5.54 Å². The normalized spacial score (nSPS) is 34.4. The van der Waals surface area contributed by atoms with Crippen LogP contribution in [0.2, 0.25) is 0 Å². The number of carbonyl (C=O) groups excluding carboxylic acids is 3. The van der Waals surface area contributed by atoms with Crippen LogP contribution in [0.4, 0.5) is 4.79 Å². The number of hydrogen-bond donors (Lipinski definition) is 0. The molecule has 1 aliphatic carbocycles. The van der Waals surface area contributed by atoms with E-state index in [9.17, 15) is 14.4 Å². The monoisotopic (exact) mass is 333 g/mol. The lowest BCUT2D eigenvalue weighted by Gasteiger charge is -2.27. The second-order valence-electron chi connectivity index (χ2n) is 8.05. The predicted molar refractivity (Wildman–Crippen MR) is 88.1 cm³/mol. The van der Waals surface area contributed by atoms with E-state index < -0.39 is 5.54 Å². The molecule has 3 aliphatic heterocycles. The Morgan fingerprint density at radius 1 is 1.04 bits per heavy atom. The topological polar surface area (TPSA) is 60.9 Å². The standard InChI is InChI=1S/C18H27N3O3/c1-18-9-5-10-20(18)17(24)21(16(18)23)14-8-11-19(12-14)15(22)13-6-3-2-4-7-13/h13-14H,2-12H2,1H3/t14-,18-/m0/s1. The summed E-state index contributed by atoms with van der Waals surface area (Å²) in [5.41, 5.74) is -0.641. The van der Waals surface area contributed by atoms with Gasteiger partial charge < -0.3 is 9.80 Å². The zero-order valence-electron chi connectivity index (χ0n) is 14.5. The van der Waals surface area contributed by atoms with Gasteiger partial charge in [0.25, 0.3) is 5.91 Å². The van der Waals surface area contributed by atoms with Gasteiger partial charge in [0, 0.05) is 25.6 Å². The van der Waals surface area contributed by atoms with Crippen LogP contribution < -0.4 is 0 Å². The first-order valence-electron chi connectivity index (χ1n) is 9.46. The second kappa shape index (κ2) is 5.74. The Hall–Kier alpha value is -1.59. The van der Waals surface area contributed by atoms with Crippen molar-refractivity contribution in [3.63, 3.8) is 0 Å². The molecule has 3 saturated heterocycles. The summed E-state index contributed by atoms with van der Waals surface area (Å²) in [6.45, 7) is 3.76. The van der Waals surface area contributed by atoms with Crippen molar-refractivity contribution in [1.82, 2.24) is 14.7 Å². The molecule has 0 aromatic heterocycles. The lowest BCUT2D eigenvalue weighted by atomic mass is 9.88. The van der Waals surface area contributed by atoms with Crippen LogP contribution in [0.1, 0.15) is 58.3 Å². The first-order chi connectivity index (χ1) is 11.5. The van der Waals surface area contributed by atoms with Crippen molar-refractivity contribution in [2.24, 2.45) is 5.92 Å². The Balaban J connectivity index is 1.44. The van der Waals surface area contributed by atoms with E-state index in [2.05, 4.69) is 0 Å². The summed E-state index contributed by atoms with van der Waals surface area (Å²) in [5, 5.41) is 0. The van der Waals surface area contributed by atoms with Crippen molar-refractivity contribution in [3.8, 4) is 0 Å². The van der Waals surface area contributed by atoms with Crippen LogP contribution in [0.5, 0.6) is 0 Å². The highest BCUT2D eigenvalue weighted by atomic mass is 16.2. The lowest BCUT2D eigenvalue weighted by molar-refractivity contribution is -0.137. The molecular weight excluding hydrogens is 306 g/mol. The molecule has 4 aliphatic rings. The van der Waals surface area contributed by atoms with Crippen LogP contribution in [0.25, 0.3) is 0 Å². The molecule has 1 saturated carbocycles. The van der Waals surface area contributed by atoms with Gasteiger partial charge in [0.05, 0.1) is 6.04 Å². The largest absolute Gasteiger partial charge is 0.340 e. The van der Waals surface area contributed by atoms with Gasteiger partial charge in [-0.2, -0.15) is 0 Å². The van der Waals surface area contributed by atoms with Gasteiger partial charge >= 0.3 is 6.03 Å². The molecule has 0 radical (unpaired) electrons. The van der Waals surface area contributed by atoms with E-state index in [0.29, 0.717) is 19.6 Å². The number of imide groups is 1. The highest BCUT2D eigenvalue weighted by molar-refractivity contribution is 6.07. The highest BCUT2D eigenvalue weighted by Crippen LogP contribution is 2.39. The van der Waals surface area contributed by atoms with Gasteiger partial charge in [0.2, 0.25) is 5.91 Å². The smallest absolute Gasteiger partial charge is 0.327 e. The maximum Gasteiger partial charge on any atom is 0.327 e. The SMILES string of the molecule is C[C@@]12CCCN1C(=O)N([C@H]1CCN(C(=O)C3CCCCC3)C1)C2=O. The van der Waals surface area contributed by atoms with E-state index in [1.54, 1.807) is 4.90 Å². The average Bonchev–Trinajstić information content (AvgIpc) is 3.26. The fraction of sp³-hybridized carbons (Fsp3) is 0.833. The lowest BCUT2D eigenvalue weighted by Crippen LogP contribution is -2.46. The maximum atomic E-state index is 12.8. The highest BCUT2D eigenvalue weighted by Gasteiger charge is 2.58. The Labute approximate surface area is 143 Å². The summed E-state index contributed by atoms with van der Waals surface area (Å²) in [4.78, 5) is 43.3. The molecule has 6 heteroatoms. The number of carbonyl (C=O) groups is 3. The van der Waals surface area contributed by atoms with E-state index >= 15 is 0 Å². The summed E-state index contributed by atoms with van der Waals surface area (Å²) in [6, 6.07) is -0.281. The number of fused-ring (bicyclic) bond motifs is 1. The van der Waals surface area contributed by atoms with Crippen LogP contribution in [0.3, 0.4) is 0 Å². The fourth-order valence-corrected chi connectivity index (χ4v) is 5.05. The van der Waals surface area contributed by atoms with E-state index in [0.717, 1.165) is 44.9 Å². The molecule has 0 aromatic carbocycles. The molecule has 0 bridgehead atoms. The van der Waals surface area contributed by atoms with Crippen molar-refractivity contribution < 1.29 is 14.4 Å². The molecule has 0 spiro atoms. The molecule has 0 N–H and O–H groups in total. The molecular formula is C18H27N3O3. The van der Waals surface area contributed by atoms with Crippen molar-refractivity contribution >= 4 is 17.8 Å². The number of urea groups is 1. The molecule has 0 aromatic rings. The van der Waals surface area contributed by atoms with Gasteiger partial charge in [-0.1, -0.05) is 19.3 Å². The van der Waals surface area contributed by atoms with Gasteiger partial charge in [-0.3, -0.25) is 14.5 Å². The number of nitrogens with zero attached hydrogens (tertiary/aromatic N) is 3. The summed E-state index contributed by atoms with van der Waals surface area (Å²) >= 11 is 0. The third-order valence-corrected chi connectivity index (χ3v) is 6.55. The van der Waals surface area contributed by atoms with Crippen LogP contribution >= 0.6 is 0 Å². The van der Waals surface area contributed by atoms with E-state index in [1.165, 1.54) is 11.3 Å². The van der Waals surface area contributed by atoms with Gasteiger partial charge in [-0.15, -0.1) is 0 Å². The van der Waals surface area contributed by atoms with Crippen LogP contribution in [0.15, 0.2) is 0 Å². The molecule has 4 fully saturated rings. The second-order valence-corrected chi connectivity index (χ2v) is 8.05. The first kappa shape index (κ1) is 15.9. The molecule has 24 heavy (non-hydrogen) atoms. The van der Waals surface area contributed by atoms with Gasteiger partial charge in [-0.05, 0) is 39.0 Å². The van der Waals surface area contributed by atoms with Crippen LogP contribution in [0, 0.1) is 5.92 Å². The first-order valence-corrected chi connectivity index (χ1v) is 9.46. The quantitative estimate of drug-likeness (QED) is 0.726. The molecule has 4 rings (SSSR count). The van der Waals surface area contributed by atoms with Crippen LogP contribution in [-0.2, 0) is 9.59 Å². The van der Waals surface area contributed by atoms with Gasteiger partial charge in [0.15, 0.2) is 0 Å². The number of amides is 4. The fourth-order valence-electron chi connectivity index (χ4n) is 5.05. The Morgan fingerprint density at radius 2 is 1.79 bits per heavy atom. The number of hydrogen-bond acceptors (Lipinski definition) is 3. The van der Waals surface area contributed by atoms with Gasteiger partial charge in [-0.25, -0.2) is 4.79 Å². The van der Waals surface area contributed by atoms with E-state index in [1.807, 2.05) is 11.8 Å². The zero-order chi connectivity index (χ0) is 16.9. The summed E-state index contributed by atoms with van der Waals surface area (Å²) in [6.07, 6.45) is 7.89. The minimum absolute atomic E-state index is 0.0537. The molecule has 4 amide bonds.